The Balaban J connectivity index is 4.24. The second-order valence-corrected chi connectivity index (χ2v) is 18.8. The van der Waals surface area contributed by atoms with Gasteiger partial charge in [0, 0.05) is 13.0 Å². The van der Waals surface area contributed by atoms with Gasteiger partial charge in [0.2, 0.25) is 0 Å². The largest absolute Gasteiger partial charge is 0.756 e. The minimum absolute atomic E-state index is 0.0160. The summed E-state index contributed by atoms with van der Waals surface area (Å²) < 4.78 is 34.7. The topological polar surface area (TPSA) is 94.1 Å². The number of unbranched alkanes of at least 4 members (excludes halogenated alkanes) is 19. The normalized spacial score (nSPS) is 14.3. The van der Waals surface area contributed by atoms with Crippen molar-refractivity contribution >= 4 is 13.8 Å². The molecule has 0 amide bonds. The first-order chi connectivity index (χ1) is 29.6. The molecule has 0 aromatic heterocycles. The first-order valence-electron chi connectivity index (χ1n) is 24.7. The zero-order valence-electron chi connectivity index (χ0n) is 40.1. The van der Waals surface area contributed by atoms with Crippen molar-refractivity contribution in [2.24, 2.45) is 0 Å². The Morgan fingerprint density at radius 3 is 1.44 bits per heavy atom. The molecule has 354 valence electrons. The van der Waals surface area contributed by atoms with E-state index in [1.54, 1.807) is 0 Å². The molecule has 0 saturated carbocycles. The number of rotatable bonds is 45. The molecule has 9 heteroatoms. The highest BCUT2D eigenvalue weighted by molar-refractivity contribution is 7.45. The lowest BCUT2D eigenvalue weighted by atomic mass is 10.1. The zero-order valence-corrected chi connectivity index (χ0v) is 41.0. The minimum atomic E-state index is -4.54. The number of carbonyl (C=O) groups is 1. The van der Waals surface area contributed by atoms with Gasteiger partial charge >= 0.3 is 5.97 Å². The van der Waals surface area contributed by atoms with Gasteiger partial charge in [-0.1, -0.05) is 177 Å². The Bertz CT molecular complexity index is 1200. The SMILES string of the molecule is CC/C=C\C/C=C\C/C=C\C/C=C\C/C=C\CCCCCC(=O)OC(COCCCCCCCCCCCC/C=C\CCCCCCCC)COP(=O)([O-])OCC[N+](C)(C)C. The number of phosphoric ester groups is 1. The number of esters is 1. The predicted octanol–water partition coefficient (Wildman–Crippen LogP) is 14.4. The molecule has 0 rings (SSSR count). The lowest BCUT2D eigenvalue weighted by Gasteiger charge is -2.28. The minimum Gasteiger partial charge on any atom is -0.756 e. The van der Waals surface area contributed by atoms with Crippen molar-refractivity contribution < 1.29 is 37.3 Å². The third kappa shape index (κ3) is 48.8. The van der Waals surface area contributed by atoms with Gasteiger partial charge in [-0.2, -0.15) is 0 Å². The van der Waals surface area contributed by atoms with E-state index in [0.29, 0.717) is 24.1 Å². The molecule has 2 unspecified atom stereocenters. The maximum Gasteiger partial charge on any atom is 0.306 e. The van der Waals surface area contributed by atoms with Crippen molar-refractivity contribution in [1.82, 2.24) is 0 Å². The molecule has 0 aromatic carbocycles. The lowest BCUT2D eigenvalue weighted by molar-refractivity contribution is -0.870. The van der Waals surface area contributed by atoms with Gasteiger partial charge in [-0.15, -0.1) is 0 Å². The number of nitrogens with zero attached hydrogens (tertiary/aromatic N) is 1. The molecule has 8 nitrogen and oxygen atoms in total. The van der Waals surface area contributed by atoms with Gasteiger partial charge in [0.1, 0.15) is 19.3 Å². The van der Waals surface area contributed by atoms with Crippen LogP contribution in [0.5, 0.6) is 0 Å². The van der Waals surface area contributed by atoms with Crippen molar-refractivity contribution in [3.8, 4) is 0 Å². The highest BCUT2D eigenvalue weighted by atomic mass is 31.2. The van der Waals surface area contributed by atoms with Crippen molar-refractivity contribution in [3.05, 3.63) is 72.9 Å². The van der Waals surface area contributed by atoms with Crippen LogP contribution in [0.2, 0.25) is 0 Å². The molecular formula is C52H94NO7P. The molecule has 0 aliphatic rings. The molecular weight excluding hydrogens is 782 g/mol. The number of allylic oxidation sites excluding steroid dienone is 12. The summed E-state index contributed by atoms with van der Waals surface area (Å²) in [6, 6.07) is 0. The molecule has 0 heterocycles. The fourth-order valence-electron chi connectivity index (χ4n) is 6.45. The van der Waals surface area contributed by atoms with Gasteiger partial charge in [-0.05, 0) is 83.5 Å². The van der Waals surface area contributed by atoms with E-state index in [0.717, 1.165) is 64.2 Å². The van der Waals surface area contributed by atoms with Crippen LogP contribution in [0.3, 0.4) is 0 Å². The molecule has 0 radical (unpaired) electrons. The van der Waals surface area contributed by atoms with E-state index in [1.807, 2.05) is 21.1 Å². The van der Waals surface area contributed by atoms with Crippen LogP contribution in [0.15, 0.2) is 72.9 Å². The molecule has 0 spiro atoms. The molecule has 0 bridgehead atoms. The van der Waals surface area contributed by atoms with Crippen LogP contribution >= 0.6 is 7.82 Å². The molecule has 0 fully saturated rings. The van der Waals surface area contributed by atoms with E-state index in [2.05, 4.69) is 86.8 Å². The van der Waals surface area contributed by atoms with Crippen LogP contribution in [0, 0.1) is 0 Å². The molecule has 0 N–H and O–H groups in total. The fraction of sp³-hybridized carbons (Fsp3) is 0.750. The Morgan fingerprint density at radius 2 is 0.951 bits per heavy atom. The third-order valence-corrected chi connectivity index (χ3v) is 11.2. The summed E-state index contributed by atoms with van der Waals surface area (Å²) in [5.74, 6) is -0.366. The van der Waals surface area contributed by atoms with Gasteiger partial charge in [0.05, 0.1) is 34.4 Å². The standard InChI is InChI=1S/C52H94NO7P/c1-6-8-10-12-14-16-18-20-22-24-26-28-30-32-34-36-38-40-42-44-47-57-49-51(50-59-61(55,56)58-48-46-53(3,4)5)60-52(54)45-43-41-39-37-35-33-31-29-27-25-23-21-19-17-15-13-11-9-7-2/h9,11,15,17,20-23,27,29,33,35,51H,6-8,10,12-14,16,18-19,24-26,28,30-32,34,36-50H2,1-5H3/b11-9-,17-15-,22-20-,23-21-,29-27-,35-33-. The summed E-state index contributed by atoms with van der Waals surface area (Å²) in [6.45, 7) is 5.25. The molecule has 61 heavy (non-hydrogen) atoms. The highest BCUT2D eigenvalue weighted by Crippen LogP contribution is 2.38. The van der Waals surface area contributed by atoms with Crippen LogP contribution in [0.1, 0.15) is 194 Å². The monoisotopic (exact) mass is 876 g/mol. The smallest absolute Gasteiger partial charge is 0.306 e. The first-order valence-corrected chi connectivity index (χ1v) is 26.1. The quantitative estimate of drug-likeness (QED) is 0.0198. The Hall–Kier alpha value is -2.06. The maximum atomic E-state index is 12.7. The van der Waals surface area contributed by atoms with Crippen LogP contribution in [-0.2, 0) is 27.9 Å². The zero-order chi connectivity index (χ0) is 44.8. The summed E-state index contributed by atoms with van der Waals surface area (Å²) in [4.78, 5) is 25.1. The van der Waals surface area contributed by atoms with Gasteiger partial charge < -0.3 is 27.9 Å². The lowest BCUT2D eigenvalue weighted by Crippen LogP contribution is -2.37. The van der Waals surface area contributed by atoms with Crippen molar-refractivity contribution in [3.63, 3.8) is 0 Å². The van der Waals surface area contributed by atoms with E-state index in [4.69, 9.17) is 18.5 Å². The second kappa shape index (κ2) is 44.5. The van der Waals surface area contributed by atoms with Gasteiger partial charge in [-0.25, -0.2) is 0 Å². The van der Waals surface area contributed by atoms with E-state index in [9.17, 15) is 14.3 Å². The van der Waals surface area contributed by atoms with E-state index in [-0.39, 0.29) is 32.2 Å². The maximum absolute atomic E-state index is 12.7. The number of quaternary nitrogens is 1. The Morgan fingerprint density at radius 1 is 0.525 bits per heavy atom. The number of phosphoric acid groups is 1. The van der Waals surface area contributed by atoms with Gasteiger partial charge in [0.25, 0.3) is 7.82 Å². The number of likely N-dealkylation sites (N-methyl/N-ethyl adjacent to an activating group) is 1. The summed E-state index contributed by atoms with van der Waals surface area (Å²) in [7, 11) is 1.33. The van der Waals surface area contributed by atoms with Gasteiger partial charge in [0.15, 0.2) is 0 Å². The van der Waals surface area contributed by atoms with E-state index in [1.165, 1.54) is 103 Å². The van der Waals surface area contributed by atoms with Crippen molar-refractivity contribution in [2.75, 3.05) is 54.1 Å². The molecule has 0 aromatic rings. The van der Waals surface area contributed by atoms with E-state index < -0.39 is 13.9 Å². The predicted molar refractivity (Wildman–Crippen MR) is 259 cm³/mol. The molecule has 0 saturated heterocycles. The van der Waals surface area contributed by atoms with Gasteiger partial charge in [-0.3, -0.25) is 9.36 Å². The summed E-state index contributed by atoms with van der Waals surface area (Å²) in [5, 5.41) is 0. The number of hydrogen-bond acceptors (Lipinski definition) is 7. The summed E-state index contributed by atoms with van der Waals surface area (Å²) in [6.07, 6.45) is 57.8. The second-order valence-electron chi connectivity index (χ2n) is 17.4. The number of carbonyl (C=O) groups excluding carboxylic acids is 1. The average molecular weight is 876 g/mol. The molecule has 2 atom stereocenters. The number of hydrogen-bond donors (Lipinski definition) is 0. The van der Waals surface area contributed by atoms with E-state index >= 15 is 0 Å². The molecule has 0 aliphatic heterocycles. The average Bonchev–Trinajstić information content (AvgIpc) is 3.22. The van der Waals surface area contributed by atoms with Crippen LogP contribution in [0.4, 0.5) is 0 Å². The Kier molecular flexibility index (Phi) is 43.0. The third-order valence-electron chi connectivity index (χ3n) is 10.2. The summed E-state index contributed by atoms with van der Waals surface area (Å²) in [5.41, 5.74) is 0. The van der Waals surface area contributed by atoms with Crippen molar-refractivity contribution in [2.45, 2.75) is 200 Å². The summed E-state index contributed by atoms with van der Waals surface area (Å²) >= 11 is 0. The molecule has 0 aliphatic carbocycles. The highest BCUT2D eigenvalue weighted by Gasteiger charge is 2.20. The van der Waals surface area contributed by atoms with Crippen LogP contribution in [-0.4, -0.2) is 70.7 Å². The first kappa shape index (κ1) is 58.9. The Labute approximate surface area is 376 Å². The van der Waals surface area contributed by atoms with Crippen LogP contribution < -0.4 is 4.89 Å². The number of ether oxygens (including phenoxy) is 2. The fourth-order valence-corrected chi connectivity index (χ4v) is 7.18. The van der Waals surface area contributed by atoms with Crippen LogP contribution in [0.25, 0.3) is 0 Å². The van der Waals surface area contributed by atoms with Crippen molar-refractivity contribution in [1.29, 1.82) is 0 Å².